The Kier molecular flexibility index (Phi) is 5.21. The largest absolute Gasteiger partial charge is 0.491 e. The van der Waals surface area contributed by atoms with E-state index in [1.807, 2.05) is 9.80 Å². The Labute approximate surface area is 179 Å². The van der Waals surface area contributed by atoms with Gasteiger partial charge in [0.05, 0.1) is 6.54 Å². The van der Waals surface area contributed by atoms with E-state index in [0.717, 1.165) is 50.5 Å². The summed E-state index contributed by atoms with van der Waals surface area (Å²) >= 11 is 0. The van der Waals surface area contributed by atoms with Crippen LogP contribution in [0.1, 0.15) is 50.2 Å². The van der Waals surface area contributed by atoms with Crippen molar-refractivity contribution in [3.05, 3.63) is 29.3 Å². The molecule has 1 saturated heterocycles. The van der Waals surface area contributed by atoms with Gasteiger partial charge in [-0.1, -0.05) is 18.9 Å². The van der Waals surface area contributed by atoms with Crippen molar-refractivity contribution in [2.45, 2.75) is 52.1 Å². The number of carbonyl (C=O) groups is 2. The van der Waals surface area contributed by atoms with E-state index in [9.17, 15) is 9.59 Å². The van der Waals surface area contributed by atoms with Crippen molar-refractivity contribution >= 4 is 11.8 Å². The summed E-state index contributed by atoms with van der Waals surface area (Å²) in [6, 6.07) is 6.43. The van der Waals surface area contributed by atoms with Crippen LogP contribution in [0.2, 0.25) is 0 Å². The predicted octanol–water partition coefficient (Wildman–Crippen LogP) is 2.65. The van der Waals surface area contributed by atoms with E-state index >= 15 is 0 Å². The van der Waals surface area contributed by atoms with E-state index in [0.29, 0.717) is 31.0 Å². The summed E-state index contributed by atoms with van der Waals surface area (Å²) in [5.41, 5.74) is 2.72. The number of carbonyl (C=O) groups excluding carboxylic acids is 2. The average Bonchev–Trinajstić information content (AvgIpc) is 3.32. The lowest BCUT2D eigenvalue weighted by molar-refractivity contribution is -0.134. The Hall–Kier alpha value is -2.08. The molecule has 5 rings (SSSR count). The topological polar surface area (TPSA) is 53.1 Å². The van der Waals surface area contributed by atoms with Gasteiger partial charge in [-0.05, 0) is 42.4 Å². The van der Waals surface area contributed by atoms with Crippen molar-refractivity contribution in [1.82, 2.24) is 14.7 Å². The smallest absolute Gasteiger partial charge is 0.226 e. The van der Waals surface area contributed by atoms with Crippen molar-refractivity contribution in [2.75, 3.05) is 39.3 Å². The van der Waals surface area contributed by atoms with E-state index in [2.05, 4.69) is 23.1 Å². The van der Waals surface area contributed by atoms with Crippen LogP contribution in [-0.2, 0) is 22.7 Å². The van der Waals surface area contributed by atoms with Crippen LogP contribution in [-0.4, -0.2) is 65.8 Å². The summed E-state index contributed by atoms with van der Waals surface area (Å²) in [6.45, 7) is 7.84. The standard InChI is InChI=1S/C24H33N3O3/c1-18(28)26-10-8-25(9-11-26)16-19-4-5-22-20(14-19)17-27(12-13-30-22)23(29)21-15-24(21)6-2-3-7-24/h4-5,14,21H,2-3,6-13,15-17H2,1H3. The molecule has 1 unspecified atom stereocenters. The third kappa shape index (κ3) is 3.82. The number of benzene rings is 1. The highest BCUT2D eigenvalue weighted by Crippen LogP contribution is 2.63. The molecular weight excluding hydrogens is 378 g/mol. The molecule has 0 bridgehead atoms. The van der Waals surface area contributed by atoms with Gasteiger partial charge in [0.25, 0.3) is 0 Å². The van der Waals surface area contributed by atoms with Crippen LogP contribution >= 0.6 is 0 Å². The molecule has 1 aromatic rings. The van der Waals surface area contributed by atoms with Crippen molar-refractivity contribution in [3.63, 3.8) is 0 Å². The van der Waals surface area contributed by atoms with E-state index < -0.39 is 0 Å². The quantitative estimate of drug-likeness (QED) is 0.767. The summed E-state index contributed by atoms with van der Waals surface area (Å²) in [5.74, 6) is 1.68. The van der Waals surface area contributed by atoms with Gasteiger partial charge >= 0.3 is 0 Å². The summed E-state index contributed by atoms with van der Waals surface area (Å²) in [7, 11) is 0. The third-order valence-corrected chi connectivity index (χ3v) is 7.73. The first-order valence-corrected chi connectivity index (χ1v) is 11.6. The normalized spacial score (nSPS) is 25.6. The van der Waals surface area contributed by atoms with Crippen LogP contribution in [0.4, 0.5) is 0 Å². The number of nitrogens with zero attached hydrogens (tertiary/aromatic N) is 3. The molecule has 2 aliphatic carbocycles. The van der Waals surface area contributed by atoms with Gasteiger partial charge in [-0.3, -0.25) is 14.5 Å². The third-order valence-electron chi connectivity index (χ3n) is 7.73. The maximum atomic E-state index is 13.2. The SMILES string of the molecule is CC(=O)N1CCN(Cc2ccc3c(c2)CN(C(=O)C2CC24CCCC4)CCO3)CC1. The van der Waals surface area contributed by atoms with Gasteiger partial charge in [0.15, 0.2) is 0 Å². The van der Waals surface area contributed by atoms with Crippen LogP contribution in [0, 0.1) is 11.3 Å². The number of rotatable bonds is 3. The predicted molar refractivity (Wildman–Crippen MR) is 114 cm³/mol. The van der Waals surface area contributed by atoms with Crippen LogP contribution < -0.4 is 4.74 Å². The highest BCUT2D eigenvalue weighted by Gasteiger charge is 2.59. The first-order valence-electron chi connectivity index (χ1n) is 11.6. The molecule has 2 aliphatic heterocycles. The molecule has 0 aromatic heterocycles. The maximum absolute atomic E-state index is 13.2. The number of ether oxygens (including phenoxy) is 1. The molecule has 1 aromatic carbocycles. The zero-order valence-electron chi connectivity index (χ0n) is 18.1. The summed E-state index contributed by atoms with van der Waals surface area (Å²) in [4.78, 5) is 31.1. The van der Waals surface area contributed by atoms with E-state index in [-0.39, 0.29) is 11.8 Å². The van der Waals surface area contributed by atoms with Gasteiger partial charge in [0.1, 0.15) is 12.4 Å². The molecule has 1 atom stereocenters. The lowest BCUT2D eigenvalue weighted by Crippen LogP contribution is -2.47. The van der Waals surface area contributed by atoms with Gasteiger partial charge in [0, 0.05) is 57.7 Å². The van der Waals surface area contributed by atoms with Gasteiger partial charge in [-0.25, -0.2) is 0 Å². The minimum absolute atomic E-state index is 0.164. The fourth-order valence-electron chi connectivity index (χ4n) is 5.76. The number of fused-ring (bicyclic) bond motifs is 1. The molecule has 30 heavy (non-hydrogen) atoms. The van der Waals surface area contributed by atoms with Crippen molar-refractivity contribution in [3.8, 4) is 5.75 Å². The number of hydrogen-bond donors (Lipinski definition) is 0. The number of amides is 2. The summed E-state index contributed by atoms with van der Waals surface area (Å²) in [5, 5.41) is 0. The molecule has 0 radical (unpaired) electrons. The molecule has 4 aliphatic rings. The minimum Gasteiger partial charge on any atom is -0.491 e. The molecule has 3 fully saturated rings. The maximum Gasteiger partial charge on any atom is 0.226 e. The van der Waals surface area contributed by atoms with Crippen LogP contribution in [0.15, 0.2) is 18.2 Å². The van der Waals surface area contributed by atoms with Gasteiger partial charge in [-0.2, -0.15) is 0 Å². The first kappa shape index (κ1) is 19.9. The first-order chi connectivity index (χ1) is 14.5. The Bertz CT molecular complexity index is 825. The minimum atomic E-state index is 0.164. The molecule has 6 heteroatoms. The highest BCUT2D eigenvalue weighted by atomic mass is 16.5. The molecular formula is C24H33N3O3. The van der Waals surface area contributed by atoms with Gasteiger partial charge in [0.2, 0.25) is 11.8 Å². The van der Waals surface area contributed by atoms with Crippen LogP contribution in [0.5, 0.6) is 5.75 Å². The molecule has 2 heterocycles. The lowest BCUT2D eigenvalue weighted by atomic mass is 10.0. The molecule has 1 spiro atoms. The fourth-order valence-corrected chi connectivity index (χ4v) is 5.76. The van der Waals surface area contributed by atoms with Gasteiger partial charge in [-0.15, -0.1) is 0 Å². The van der Waals surface area contributed by atoms with E-state index in [1.54, 1.807) is 6.92 Å². The Morgan fingerprint density at radius 1 is 1.07 bits per heavy atom. The van der Waals surface area contributed by atoms with E-state index in [4.69, 9.17) is 4.74 Å². The zero-order chi connectivity index (χ0) is 20.7. The number of hydrogen-bond acceptors (Lipinski definition) is 4. The van der Waals surface area contributed by atoms with Crippen LogP contribution in [0.25, 0.3) is 0 Å². The zero-order valence-corrected chi connectivity index (χ0v) is 18.1. The summed E-state index contributed by atoms with van der Waals surface area (Å²) < 4.78 is 5.98. The molecule has 6 nitrogen and oxygen atoms in total. The van der Waals surface area contributed by atoms with E-state index in [1.165, 1.54) is 31.2 Å². The second kappa shape index (κ2) is 7.88. The summed E-state index contributed by atoms with van der Waals surface area (Å²) in [6.07, 6.45) is 6.17. The fraction of sp³-hybridized carbons (Fsp3) is 0.667. The Morgan fingerprint density at radius 2 is 1.83 bits per heavy atom. The monoisotopic (exact) mass is 411 g/mol. The lowest BCUT2D eigenvalue weighted by Gasteiger charge is -2.34. The van der Waals surface area contributed by atoms with Gasteiger partial charge < -0.3 is 14.5 Å². The molecule has 2 amide bonds. The highest BCUT2D eigenvalue weighted by molar-refractivity contribution is 5.83. The Balaban J connectivity index is 1.24. The molecule has 2 saturated carbocycles. The second-order valence-corrected chi connectivity index (χ2v) is 9.66. The Morgan fingerprint density at radius 3 is 2.57 bits per heavy atom. The van der Waals surface area contributed by atoms with Crippen molar-refractivity contribution in [1.29, 1.82) is 0 Å². The average molecular weight is 412 g/mol. The number of piperazine rings is 1. The molecule has 162 valence electrons. The van der Waals surface area contributed by atoms with Crippen LogP contribution in [0.3, 0.4) is 0 Å². The molecule has 0 N–H and O–H groups in total. The van der Waals surface area contributed by atoms with Crippen molar-refractivity contribution in [2.24, 2.45) is 11.3 Å². The van der Waals surface area contributed by atoms with Crippen molar-refractivity contribution < 1.29 is 14.3 Å². The second-order valence-electron chi connectivity index (χ2n) is 9.66.